The second-order valence-corrected chi connectivity index (χ2v) is 7.65. The lowest BCUT2D eigenvalue weighted by Gasteiger charge is -2.11. The maximum absolute atomic E-state index is 12.7. The van der Waals surface area contributed by atoms with Gasteiger partial charge in [-0.05, 0) is 42.8 Å². The zero-order chi connectivity index (χ0) is 22.8. The summed E-state index contributed by atoms with van der Waals surface area (Å²) in [5.74, 6) is 0.603. The van der Waals surface area contributed by atoms with Crippen molar-refractivity contribution in [3.63, 3.8) is 0 Å². The first kappa shape index (κ1) is 20.5. The first-order chi connectivity index (χ1) is 16.1. The zero-order valence-electron chi connectivity index (χ0n) is 17.9. The van der Waals surface area contributed by atoms with Gasteiger partial charge in [0.15, 0.2) is 0 Å². The summed E-state index contributed by atoms with van der Waals surface area (Å²) in [5, 5.41) is 1.41. The third kappa shape index (κ3) is 4.08. The molecule has 5 heteroatoms. The maximum atomic E-state index is 12.7. The van der Waals surface area contributed by atoms with Crippen molar-refractivity contribution in [2.45, 2.75) is 6.92 Å². The molecule has 162 valence electrons. The predicted octanol–water partition coefficient (Wildman–Crippen LogP) is 5.97. The Kier molecular flexibility index (Phi) is 5.37. The molecule has 0 spiro atoms. The van der Waals surface area contributed by atoms with Crippen molar-refractivity contribution in [1.29, 1.82) is 0 Å². The highest BCUT2D eigenvalue weighted by Gasteiger charge is 2.16. The van der Waals surface area contributed by atoms with Gasteiger partial charge in [0.25, 0.3) is 0 Å². The van der Waals surface area contributed by atoms with E-state index in [-0.39, 0.29) is 0 Å². The standard InChI is InChI=1S/C28H20O5/c1-18-24(31-15-7-10-19-8-3-2-4-9-19)14-13-21-22(17-26(29)33-27(18)21)23-16-20-11-5-6-12-25(20)32-28(23)30/h2-14,16-17H,15H2,1H3. The van der Waals surface area contributed by atoms with Crippen LogP contribution in [0.25, 0.3) is 39.1 Å². The largest absolute Gasteiger partial charge is 0.489 e. The normalized spacial score (nSPS) is 11.4. The number of para-hydroxylation sites is 1. The highest BCUT2D eigenvalue weighted by molar-refractivity contribution is 5.96. The summed E-state index contributed by atoms with van der Waals surface area (Å²) >= 11 is 0. The van der Waals surface area contributed by atoms with Gasteiger partial charge in [-0.2, -0.15) is 0 Å². The smallest absolute Gasteiger partial charge is 0.344 e. The van der Waals surface area contributed by atoms with E-state index >= 15 is 0 Å². The molecule has 5 rings (SSSR count). The highest BCUT2D eigenvalue weighted by atomic mass is 16.5. The number of ether oxygens (including phenoxy) is 1. The summed E-state index contributed by atoms with van der Waals surface area (Å²) in [6.07, 6.45) is 3.90. The van der Waals surface area contributed by atoms with Crippen molar-refractivity contribution in [3.8, 4) is 16.9 Å². The van der Waals surface area contributed by atoms with Gasteiger partial charge in [0, 0.05) is 28.0 Å². The number of aryl methyl sites for hydroxylation is 1. The average molecular weight is 436 g/mol. The number of hydrogen-bond acceptors (Lipinski definition) is 5. The topological polar surface area (TPSA) is 69.7 Å². The summed E-state index contributed by atoms with van der Waals surface area (Å²) in [6, 6.07) is 23.9. The fourth-order valence-electron chi connectivity index (χ4n) is 3.86. The van der Waals surface area contributed by atoms with Crippen molar-refractivity contribution in [3.05, 3.63) is 117 Å². The van der Waals surface area contributed by atoms with E-state index in [2.05, 4.69) is 0 Å². The SMILES string of the molecule is Cc1c(OCC=Cc2ccccc2)ccc2c(-c3cc4ccccc4oc3=O)cc(=O)oc12. The van der Waals surface area contributed by atoms with Gasteiger partial charge in [-0.15, -0.1) is 0 Å². The number of benzene rings is 3. The van der Waals surface area contributed by atoms with Crippen LogP contribution in [-0.2, 0) is 0 Å². The summed E-state index contributed by atoms with van der Waals surface area (Å²) in [6.45, 7) is 2.19. The second kappa shape index (κ2) is 8.63. The maximum Gasteiger partial charge on any atom is 0.344 e. The van der Waals surface area contributed by atoms with Crippen LogP contribution in [0.3, 0.4) is 0 Å². The van der Waals surface area contributed by atoms with Gasteiger partial charge in [-0.3, -0.25) is 0 Å². The molecule has 0 N–H and O–H groups in total. The lowest BCUT2D eigenvalue weighted by atomic mass is 10.0. The Bertz CT molecular complexity index is 1610. The number of hydrogen-bond donors (Lipinski definition) is 0. The molecule has 5 aromatic rings. The molecule has 0 aliphatic heterocycles. The highest BCUT2D eigenvalue weighted by Crippen LogP contribution is 2.33. The summed E-state index contributed by atoms with van der Waals surface area (Å²) in [5.41, 5.74) is 2.37. The number of fused-ring (bicyclic) bond motifs is 2. The lowest BCUT2D eigenvalue weighted by Crippen LogP contribution is -2.07. The van der Waals surface area contributed by atoms with Crippen molar-refractivity contribution in [1.82, 2.24) is 0 Å². The van der Waals surface area contributed by atoms with Crippen molar-refractivity contribution in [2.75, 3.05) is 6.61 Å². The van der Waals surface area contributed by atoms with Gasteiger partial charge in [0.05, 0.1) is 5.56 Å². The van der Waals surface area contributed by atoms with E-state index in [1.807, 2.05) is 67.6 Å². The molecule has 0 amide bonds. The van der Waals surface area contributed by atoms with Crippen LogP contribution in [0, 0.1) is 6.92 Å². The Hall–Kier alpha value is -4.38. The second-order valence-electron chi connectivity index (χ2n) is 7.65. The molecule has 0 atom stereocenters. The molecule has 5 nitrogen and oxygen atoms in total. The Morgan fingerprint density at radius 3 is 2.48 bits per heavy atom. The third-order valence-electron chi connectivity index (χ3n) is 5.49. The van der Waals surface area contributed by atoms with Crippen molar-refractivity contribution in [2.24, 2.45) is 0 Å². The van der Waals surface area contributed by atoms with E-state index < -0.39 is 11.3 Å². The van der Waals surface area contributed by atoms with E-state index in [0.717, 1.165) is 10.9 Å². The van der Waals surface area contributed by atoms with Crippen LogP contribution >= 0.6 is 0 Å². The van der Waals surface area contributed by atoms with Crippen LogP contribution in [0.15, 0.2) is 103 Å². The van der Waals surface area contributed by atoms with Gasteiger partial charge in [0.2, 0.25) is 0 Å². The van der Waals surface area contributed by atoms with Gasteiger partial charge in [0.1, 0.15) is 23.5 Å². The van der Waals surface area contributed by atoms with Crippen LogP contribution < -0.4 is 16.0 Å². The van der Waals surface area contributed by atoms with Crippen molar-refractivity contribution >= 4 is 28.0 Å². The van der Waals surface area contributed by atoms with Crippen LogP contribution in [0.4, 0.5) is 0 Å². The zero-order valence-corrected chi connectivity index (χ0v) is 17.9. The van der Waals surface area contributed by atoms with Gasteiger partial charge in [-0.1, -0.05) is 54.6 Å². The molecular formula is C28H20O5. The molecule has 0 unspecified atom stereocenters. The summed E-state index contributed by atoms with van der Waals surface area (Å²) in [7, 11) is 0. The molecule has 0 radical (unpaired) electrons. The van der Waals surface area contributed by atoms with Crippen LogP contribution in [0.5, 0.6) is 5.75 Å². The summed E-state index contributed by atoms with van der Waals surface area (Å²) in [4.78, 5) is 25.1. The quantitative estimate of drug-likeness (QED) is 0.318. The van der Waals surface area contributed by atoms with E-state index in [1.165, 1.54) is 6.07 Å². The fraction of sp³-hybridized carbons (Fsp3) is 0.0714. The van der Waals surface area contributed by atoms with E-state index in [9.17, 15) is 9.59 Å². The molecule has 0 aliphatic rings. The predicted molar refractivity (Wildman–Crippen MR) is 130 cm³/mol. The van der Waals surface area contributed by atoms with Gasteiger partial charge in [-0.25, -0.2) is 9.59 Å². The minimum absolute atomic E-state index is 0.311. The monoisotopic (exact) mass is 436 g/mol. The van der Waals surface area contributed by atoms with Gasteiger partial charge >= 0.3 is 11.3 Å². The molecule has 0 bridgehead atoms. The molecule has 2 heterocycles. The van der Waals surface area contributed by atoms with E-state index in [4.69, 9.17) is 13.6 Å². The van der Waals surface area contributed by atoms with Crippen LogP contribution in [0.1, 0.15) is 11.1 Å². The van der Waals surface area contributed by atoms with Crippen LogP contribution in [-0.4, -0.2) is 6.61 Å². The van der Waals surface area contributed by atoms with Crippen molar-refractivity contribution < 1.29 is 13.6 Å². The molecule has 0 fully saturated rings. The molecular weight excluding hydrogens is 416 g/mol. The lowest BCUT2D eigenvalue weighted by molar-refractivity contribution is 0.360. The molecule has 0 saturated carbocycles. The molecule has 2 aromatic heterocycles. The average Bonchev–Trinajstić information content (AvgIpc) is 2.83. The molecule has 0 saturated heterocycles. The Morgan fingerprint density at radius 2 is 1.64 bits per heavy atom. The Morgan fingerprint density at radius 1 is 0.848 bits per heavy atom. The molecule has 3 aromatic carbocycles. The third-order valence-corrected chi connectivity index (χ3v) is 5.49. The van der Waals surface area contributed by atoms with Gasteiger partial charge < -0.3 is 13.6 Å². The van der Waals surface area contributed by atoms with E-state index in [0.29, 0.717) is 45.6 Å². The fourth-order valence-corrected chi connectivity index (χ4v) is 3.86. The Labute approximate surface area is 189 Å². The van der Waals surface area contributed by atoms with Crippen LogP contribution in [0.2, 0.25) is 0 Å². The van der Waals surface area contributed by atoms with E-state index in [1.54, 1.807) is 24.3 Å². The first-order valence-corrected chi connectivity index (χ1v) is 10.6. The molecule has 33 heavy (non-hydrogen) atoms. The molecule has 0 aliphatic carbocycles. The first-order valence-electron chi connectivity index (χ1n) is 10.6. The minimum Gasteiger partial charge on any atom is -0.489 e. The number of rotatable bonds is 5. The Balaban J connectivity index is 1.53. The summed E-state index contributed by atoms with van der Waals surface area (Å²) < 4.78 is 16.9. The minimum atomic E-state index is -0.547.